The van der Waals surface area contributed by atoms with Gasteiger partial charge in [0.1, 0.15) is 11.6 Å². The number of imidazole rings is 1. The molecule has 5 heteroatoms. The lowest BCUT2D eigenvalue weighted by atomic mass is 9.97. The van der Waals surface area contributed by atoms with E-state index in [0.29, 0.717) is 18.9 Å². The second-order valence-corrected chi connectivity index (χ2v) is 6.85. The normalized spacial score (nSPS) is 17.5. The van der Waals surface area contributed by atoms with E-state index < -0.39 is 0 Å². The number of hydrogen-bond donors (Lipinski definition) is 1. The summed E-state index contributed by atoms with van der Waals surface area (Å²) in [6.07, 6.45) is 7.04. The number of rotatable bonds is 6. The molecular weight excluding hydrogens is 314 g/mol. The number of amides is 1. The molecule has 5 nitrogen and oxygen atoms in total. The summed E-state index contributed by atoms with van der Waals surface area (Å²) in [4.78, 5) is 22.0. The molecule has 1 amide bonds. The van der Waals surface area contributed by atoms with Crippen molar-refractivity contribution in [2.45, 2.75) is 45.4 Å². The maximum atomic E-state index is 12.5. The number of piperidine rings is 1. The largest absolute Gasteiger partial charge is 0.494 e. The zero-order chi connectivity index (χ0) is 17.6. The van der Waals surface area contributed by atoms with Crippen molar-refractivity contribution in [3.8, 4) is 5.75 Å². The maximum Gasteiger partial charge on any atom is 0.222 e. The number of nitrogens with zero attached hydrogens (tertiary/aromatic N) is 2. The van der Waals surface area contributed by atoms with E-state index in [1.54, 1.807) is 6.20 Å². The summed E-state index contributed by atoms with van der Waals surface area (Å²) in [5.41, 5.74) is 2.49. The summed E-state index contributed by atoms with van der Waals surface area (Å²) in [5.74, 6) is 2.43. The highest BCUT2D eigenvalue weighted by molar-refractivity contribution is 5.76. The smallest absolute Gasteiger partial charge is 0.222 e. The van der Waals surface area contributed by atoms with Gasteiger partial charge in [-0.1, -0.05) is 6.07 Å². The first-order valence-electron chi connectivity index (χ1n) is 9.10. The Morgan fingerprint density at radius 3 is 3.00 bits per heavy atom. The van der Waals surface area contributed by atoms with Gasteiger partial charge in [-0.2, -0.15) is 0 Å². The molecule has 1 aliphatic rings. The van der Waals surface area contributed by atoms with Gasteiger partial charge < -0.3 is 14.6 Å². The van der Waals surface area contributed by atoms with Crippen LogP contribution < -0.4 is 4.74 Å². The zero-order valence-corrected chi connectivity index (χ0v) is 15.1. The number of carbonyl (C=O) groups is 1. The molecule has 2 heterocycles. The third-order valence-electron chi connectivity index (χ3n) is 4.96. The van der Waals surface area contributed by atoms with Gasteiger partial charge in [-0.3, -0.25) is 4.79 Å². The van der Waals surface area contributed by atoms with Crippen molar-refractivity contribution in [2.24, 2.45) is 0 Å². The molecule has 1 aliphatic heterocycles. The van der Waals surface area contributed by atoms with Gasteiger partial charge in [0, 0.05) is 37.8 Å². The second kappa shape index (κ2) is 8.19. The van der Waals surface area contributed by atoms with E-state index in [1.165, 1.54) is 11.1 Å². The summed E-state index contributed by atoms with van der Waals surface area (Å²) in [6, 6.07) is 6.11. The van der Waals surface area contributed by atoms with Crippen molar-refractivity contribution >= 4 is 5.91 Å². The van der Waals surface area contributed by atoms with Crippen LogP contribution in [0.4, 0.5) is 0 Å². The van der Waals surface area contributed by atoms with Crippen LogP contribution in [-0.2, 0) is 4.79 Å². The average molecular weight is 341 g/mol. The average Bonchev–Trinajstić information content (AvgIpc) is 3.16. The molecule has 1 fully saturated rings. The lowest BCUT2D eigenvalue weighted by Gasteiger charge is -2.32. The minimum absolute atomic E-state index is 0.222. The van der Waals surface area contributed by atoms with Crippen LogP contribution in [0.3, 0.4) is 0 Å². The summed E-state index contributed by atoms with van der Waals surface area (Å²) in [7, 11) is 0. The predicted molar refractivity (Wildman–Crippen MR) is 97.8 cm³/mol. The van der Waals surface area contributed by atoms with Crippen molar-refractivity contribution in [1.29, 1.82) is 0 Å². The number of aromatic nitrogens is 2. The fraction of sp³-hybridized carbons (Fsp3) is 0.500. The number of ether oxygens (including phenoxy) is 1. The van der Waals surface area contributed by atoms with E-state index >= 15 is 0 Å². The van der Waals surface area contributed by atoms with E-state index in [2.05, 4.69) is 35.9 Å². The zero-order valence-electron chi connectivity index (χ0n) is 15.1. The van der Waals surface area contributed by atoms with Crippen LogP contribution in [0.2, 0.25) is 0 Å². The number of nitrogens with one attached hydrogen (secondary N) is 1. The highest BCUT2D eigenvalue weighted by atomic mass is 16.5. The van der Waals surface area contributed by atoms with Crippen LogP contribution in [0.25, 0.3) is 0 Å². The topological polar surface area (TPSA) is 58.2 Å². The SMILES string of the molecule is Cc1ccc(OCCCC(=O)N2CCC[C@@H](c3ncc[nH]3)C2)cc1C. The number of aromatic amines is 1. The van der Waals surface area contributed by atoms with Crippen LogP contribution >= 0.6 is 0 Å². The van der Waals surface area contributed by atoms with Gasteiger partial charge in [0.2, 0.25) is 5.91 Å². The van der Waals surface area contributed by atoms with Gasteiger partial charge in [0.25, 0.3) is 0 Å². The van der Waals surface area contributed by atoms with Crippen LogP contribution in [0.15, 0.2) is 30.6 Å². The van der Waals surface area contributed by atoms with Crippen LogP contribution in [-0.4, -0.2) is 40.5 Å². The molecule has 134 valence electrons. The third kappa shape index (κ3) is 4.62. The lowest BCUT2D eigenvalue weighted by molar-refractivity contribution is -0.132. The van der Waals surface area contributed by atoms with Crippen LogP contribution in [0.5, 0.6) is 5.75 Å². The van der Waals surface area contributed by atoms with Crippen molar-refractivity contribution in [2.75, 3.05) is 19.7 Å². The van der Waals surface area contributed by atoms with Crippen molar-refractivity contribution < 1.29 is 9.53 Å². The summed E-state index contributed by atoms with van der Waals surface area (Å²) < 4.78 is 5.77. The number of H-pyrrole nitrogens is 1. The number of carbonyl (C=O) groups excluding carboxylic acids is 1. The Balaban J connectivity index is 1.42. The first kappa shape index (κ1) is 17.5. The van der Waals surface area contributed by atoms with Crippen LogP contribution in [0, 0.1) is 13.8 Å². The van der Waals surface area contributed by atoms with Gasteiger partial charge in [0.15, 0.2) is 0 Å². The number of likely N-dealkylation sites (tertiary alicyclic amines) is 1. The molecule has 1 saturated heterocycles. The molecule has 1 atom stereocenters. The summed E-state index contributed by atoms with van der Waals surface area (Å²) >= 11 is 0. The van der Waals surface area contributed by atoms with Gasteiger partial charge in [-0.05, 0) is 56.4 Å². The number of aryl methyl sites for hydroxylation is 2. The Hall–Kier alpha value is -2.30. The molecule has 0 saturated carbocycles. The van der Waals surface area contributed by atoms with Crippen molar-refractivity contribution in [1.82, 2.24) is 14.9 Å². The molecule has 1 aromatic heterocycles. The molecule has 0 radical (unpaired) electrons. The Bertz CT molecular complexity index is 697. The van der Waals surface area contributed by atoms with E-state index in [-0.39, 0.29) is 5.91 Å². The van der Waals surface area contributed by atoms with Gasteiger partial charge in [0.05, 0.1) is 6.61 Å². The van der Waals surface area contributed by atoms with Gasteiger partial charge in [-0.15, -0.1) is 0 Å². The molecular formula is C20H27N3O2. The fourth-order valence-electron chi connectivity index (χ4n) is 3.30. The Labute approximate surface area is 149 Å². The molecule has 2 aromatic rings. The predicted octanol–water partition coefficient (Wildman–Crippen LogP) is 3.59. The van der Waals surface area contributed by atoms with Gasteiger partial charge >= 0.3 is 0 Å². The Kier molecular flexibility index (Phi) is 5.74. The summed E-state index contributed by atoms with van der Waals surface area (Å²) in [6.45, 7) is 6.37. The van der Waals surface area contributed by atoms with E-state index in [1.807, 2.05) is 17.2 Å². The number of hydrogen-bond acceptors (Lipinski definition) is 3. The van der Waals surface area contributed by atoms with E-state index in [0.717, 1.165) is 43.9 Å². The Morgan fingerprint density at radius 2 is 2.24 bits per heavy atom. The molecule has 0 bridgehead atoms. The van der Waals surface area contributed by atoms with Crippen molar-refractivity contribution in [3.05, 3.63) is 47.5 Å². The fourth-order valence-corrected chi connectivity index (χ4v) is 3.30. The van der Waals surface area contributed by atoms with Crippen LogP contribution in [0.1, 0.15) is 48.6 Å². The quantitative estimate of drug-likeness (QED) is 0.817. The molecule has 1 aromatic carbocycles. The maximum absolute atomic E-state index is 12.5. The lowest BCUT2D eigenvalue weighted by Crippen LogP contribution is -2.39. The van der Waals surface area contributed by atoms with E-state index in [9.17, 15) is 4.79 Å². The first-order chi connectivity index (χ1) is 12.1. The second-order valence-electron chi connectivity index (χ2n) is 6.85. The van der Waals surface area contributed by atoms with Crippen molar-refractivity contribution in [3.63, 3.8) is 0 Å². The molecule has 0 aliphatic carbocycles. The molecule has 0 spiro atoms. The number of benzene rings is 1. The highest BCUT2D eigenvalue weighted by Gasteiger charge is 2.25. The summed E-state index contributed by atoms with van der Waals surface area (Å²) in [5, 5.41) is 0. The molecule has 25 heavy (non-hydrogen) atoms. The Morgan fingerprint density at radius 1 is 1.36 bits per heavy atom. The highest BCUT2D eigenvalue weighted by Crippen LogP contribution is 2.24. The minimum Gasteiger partial charge on any atom is -0.494 e. The molecule has 3 rings (SSSR count). The monoisotopic (exact) mass is 341 g/mol. The minimum atomic E-state index is 0.222. The van der Waals surface area contributed by atoms with E-state index in [4.69, 9.17) is 4.74 Å². The third-order valence-corrected chi connectivity index (χ3v) is 4.96. The van der Waals surface area contributed by atoms with Gasteiger partial charge in [-0.25, -0.2) is 4.98 Å². The molecule has 0 unspecified atom stereocenters. The first-order valence-corrected chi connectivity index (χ1v) is 9.10. The molecule has 1 N–H and O–H groups in total. The standard InChI is InChI=1S/C20H27N3O2/c1-15-7-8-18(13-16(15)2)25-12-4-6-19(24)23-11-3-5-17(14-23)20-21-9-10-22-20/h7-10,13,17H,3-6,11-12,14H2,1-2H3,(H,21,22)/t17-/m1/s1.